The Labute approximate surface area is 135 Å². The van der Waals surface area contributed by atoms with Gasteiger partial charge in [-0.15, -0.1) is 0 Å². The van der Waals surface area contributed by atoms with E-state index in [1.165, 1.54) is 70.6 Å². The molecule has 0 radical (unpaired) electrons. The number of carbonyl (C=O) groups is 2. The van der Waals surface area contributed by atoms with E-state index in [0.29, 0.717) is 6.42 Å². The van der Waals surface area contributed by atoms with Gasteiger partial charge in [-0.3, -0.25) is 4.79 Å². The van der Waals surface area contributed by atoms with Crippen molar-refractivity contribution in [2.45, 2.75) is 96.8 Å². The minimum absolute atomic E-state index is 0.345. The Balaban J connectivity index is 0. The second-order valence-electron chi connectivity index (χ2n) is 5.79. The van der Waals surface area contributed by atoms with Gasteiger partial charge in [0.05, 0.1) is 0 Å². The summed E-state index contributed by atoms with van der Waals surface area (Å²) >= 11 is 0. The first-order chi connectivity index (χ1) is 10.5. The highest BCUT2D eigenvalue weighted by Gasteiger charge is 1.96. The van der Waals surface area contributed by atoms with Gasteiger partial charge in [0.1, 0.15) is 0 Å². The molecule has 0 aliphatic rings. The number of aliphatic carboxylic acids is 1. The predicted octanol–water partition coefficient (Wildman–Crippen LogP) is 4.58. The average Bonchev–Trinajstić information content (AvgIpc) is 2.43. The van der Waals surface area contributed by atoms with Crippen molar-refractivity contribution in [3.8, 4) is 0 Å². The first-order valence-corrected chi connectivity index (χ1v) is 8.77. The van der Waals surface area contributed by atoms with Crippen molar-refractivity contribution < 1.29 is 14.7 Å². The van der Waals surface area contributed by atoms with Gasteiger partial charge < -0.3 is 16.6 Å². The minimum Gasteiger partial charge on any atom is -0.481 e. The monoisotopic (exact) mass is 316 g/mol. The lowest BCUT2D eigenvalue weighted by atomic mass is 10.0. The summed E-state index contributed by atoms with van der Waals surface area (Å²) in [6.45, 7) is 2.26. The predicted molar refractivity (Wildman–Crippen MR) is 91.7 cm³/mol. The molecule has 0 aliphatic carbocycles. The third-order valence-corrected chi connectivity index (χ3v) is 3.49. The van der Waals surface area contributed by atoms with Gasteiger partial charge in [0, 0.05) is 6.42 Å². The zero-order chi connectivity index (χ0) is 17.1. The molecular weight excluding hydrogens is 280 g/mol. The second-order valence-corrected chi connectivity index (χ2v) is 5.79. The summed E-state index contributed by atoms with van der Waals surface area (Å²) in [6.07, 6.45) is 17.3. The smallest absolute Gasteiger partial charge is 0.309 e. The minimum atomic E-state index is -0.833. The lowest BCUT2D eigenvalue weighted by Crippen LogP contribution is -2.18. The summed E-state index contributed by atoms with van der Waals surface area (Å²) in [5.41, 5.74) is 8.50. The summed E-state index contributed by atoms with van der Waals surface area (Å²) in [5.74, 6) is -0.655. The number of nitrogens with two attached hydrogens (primary N) is 2. The van der Waals surface area contributed by atoms with Crippen LogP contribution in [0.4, 0.5) is 4.79 Å². The first-order valence-electron chi connectivity index (χ1n) is 8.77. The molecule has 0 heterocycles. The fourth-order valence-electron chi connectivity index (χ4n) is 2.29. The van der Waals surface area contributed by atoms with Gasteiger partial charge in [-0.25, -0.2) is 4.79 Å². The first kappa shape index (κ1) is 23.0. The van der Waals surface area contributed by atoms with Crippen LogP contribution in [0.15, 0.2) is 0 Å². The van der Waals surface area contributed by atoms with Crippen molar-refractivity contribution in [1.82, 2.24) is 0 Å². The van der Waals surface area contributed by atoms with E-state index in [9.17, 15) is 4.79 Å². The number of unbranched alkanes of at least 4 members (excludes halogenated alkanes) is 12. The van der Waals surface area contributed by atoms with E-state index in [1.54, 1.807) is 0 Å². The van der Waals surface area contributed by atoms with Gasteiger partial charge in [0.25, 0.3) is 0 Å². The molecule has 0 saturated carbocycles. The van der Waals surface area contributed by atoms with Gasteiger partial charge in [-0.1, -0.05) is 84.0 Å². The number of carbonyl (C=O) groups excluding carboxylic acids is 1. The number of amides is 2. The van der Waals surface area contributed by atoms with Crippen LogP contribution in [0.5, 0.6) is 0 Å². The fraction of sp³-hybridized carbons (Fsp3) is 0.882. The molecule has 22 heavy (non-hydrogen) atoms. The number of urea groups is 1. The van der Waals surface area contributed by atoms with E-state index < -0.39 is 12.0 Å². The van der Waals surface area contributed by atoms with E-state index in [0.717, 1.165) is 12.8 Å². The highest BCUT2D eigenvalue weighted by Crippen LogP contribution is 2.12. The van der Waals surface area contributed by atoms with Crippen LogP contribution in [0.25, 0.3) is 0 Å². The summed E-state index contributed by atoms with van der Waals surface area (Å²) < 4.78 is 0. The fourth-order valence-corrected chi connectivity index (χ4v) is 2.29. The quantitative estimate of drug-likeness (QED) is 0.408. The van der Waals surface area contributed by atoms with Crippen LogP contribution in [-0.2, 0) is 4.79 Å². The van der Waals surface area contributed by atoms with E-state index >= 15 is 0 Å². The van der Waals surface area contributed by atoms with E-state index in [2.05, 4.69) is 18.4 Å². The Morgan fingerprint density at radius 2 is 0.955 bits per heavy atom. The molecule has 0 spiro atoms. The highest BCUT2D eigenvalue weighted by atomic mass is 16.4. The van der Waals surface area contributed by atoms with Crippen molar-refractivity contribution in [2.75, 3.05) is 0 Å². The molecule has 0 aromatic heterocycles. The zero-order valence-electron chi connectivity index (χ0n) is 14.3. The standard InChI is InChI=1S/C16H32O2.CH4N2O/c1-2-3-4-5-6-7-8-9-10-11-12-13-14-15-16(17)18;2-1(3)4/h2-15H2,1H3,(H,17,18);(H4,2,3,4). The van der Waals surface area contributed by atoms with Crippen molar-refractivity contribution in [3.63, 3.8) is 0 Å². The molecule has 132 valence electrons. The van der Waals surface area contributed by atoms with E-state index in [1.807, 2.05) is 0 Å². The molecule has 2 amide bonds. The summed E-state index contributed by atoms with van der Waals surface area (Å²) in [7, 11) is 0. The molecule has 0 aromatic carbocycles. The van der Waals surface area contributed by atoms with Crippen molar-refractivity contribution >= 4 is 12.0 Å². The topological polar surface area (TPSA) is 106 Å². The molecule has 0 unspecified atom stereocenters. The summed E-state index contributed by atoms with van der Waals surface area (Å²) in [6, 6.07) is -0.833. The van der Waals surface area contributed by atoms with Gasteiger partial charge in [-0.05, 0) is 6.42 Å². The molecule has 0 saturated heterocycles. The Kier molecular flexibility index (Phi) is 20.6. The summed E-state index contributed by atoms with van der Waals surface area (Å²) in [5, 5.41) is 8.49. The normalized spacial score (nSPS) is 9.86. The number of carboxylic acids is 1. The lowest BCUT2D eigenvalue weighted by Gasteiger charge is -2.02. The van der Waals surface area contributed by atoms with Crippen LogP contribution >= 0.6 is 0 Å². The molecule has 5 heteroatoms. The van der Waals surface area contributed by atoms with Crippen molar-refractivity contribution in [2.24, 2.45) is 11.5 Å². The largest absolute Gasteiger partial charge is 0.481 e. The molecular formula is C17H36N2O3. The van der Waals surface area contributed by atoms with Crippen molar-refractivity contribution in [1.29, 1.82) is 0 Å². The van der Waals surface area contributed by atoms with Gasteiger partial charge >= 0.3 is 12.0 Å². The SMILES string of the molecule is CCCCCCCCCCCCCCCC(=O)O.NC(N)=O. The Morgan fingerprint density at radius 1 is 0.682 bits per heavy atom. The zero-order valence-corrected chi connectivity index (χ0v) is 14.3. The number of rotatable bonds is 14. The number of hydrogen-bond acceptors (Lipinski definition) is 2. The van der Waals surface area contributed by atoms with Crippen LogP contribution in [0.1, 0.15) is 96.8 Å². The molecule has 0 bridgehead atoms. The van der Waals surface area contributed by atoms with Gasteiger partial charge in [0.2, 0.25) is 0 Å². The summed E-state index contributed by atoms with van der Waals surface area (Å²) in [4.78, 5) is 19.3. The molecule has 5 N–H and O–H groups in total. The lowest BCUT2D eigenvalue weighted by molar-refractivity contribution is -0.137. The molecule has 0 aromatic rings. The molecule has 0 atom stereocenters. The molecule has 0 fully saturated rings. The molecule has 5 nitrogen and oxygen atoms in total. The van der Waals surface area contributed by atoms with Gasteiger partial charge in [-0.2, -0.15) is 0 Å². The van der Waals surface area contributed by atoms with Crippen LogP contribution < -0.4 is 11.5 Å². The van der Waals surface area contributed by atoms with Crippen LogP contribution in [-0.4, -0.2) is 17.1 Å². The van der Waals surface area contributed by atoms with E-state index in [-0.39, 0.29) is 0 Å². The molecule has 0 aliphatic heterocycles. The number of primary amides is 2. The van der Waals surface area contributed by atoms with Gasteiger partial charge in [0.15, 0.2) is 0 Å². The van der Waals surface area contributed by atoms with Crippen LogP contribution in [0.2, 0.25) is 0 Å². The Morgan fingerprint density at radius 3 is 1.23 bits per heavy atom. The highest BCUT2D eigenvalue weighted by molar-refractivity contribution is 5.69. The number of hydrogen-bond donors (Lipinski definition) is 3. The Hall–Kier alpha value is -1.26. The van der Waals surface area contributed by atoms with Crippen molar-refractivity contribution in [3.05, 3.63) is 0 Å². The third kappa shape index (κ3) is 31.2. The molecule has 0 rings (SSSR count). The van der Waals surface area contributed by atoms with Crippen LogP contribution in [0.3, 0.4) is 0 Å². The third-order valence-electron chi connectivity index (χ3n) is 3.49. The Bertz CT molecular complexity index is 254. The average molecular weight is 316 g/mol. The van der Waals surface area contributed by atoms with Crippen LogP contribution in [0, 0.1) is 0 Å². The maximum atomic E-state index is 10.3. The number of carboxylic acid groups (broad SMARTS) is 1. The van der Waals surface area contributed by atoms with E-state index in [4.69, 9.17) is 9.90 Å². The maximum absolute atomic E-state index is 10.3. The maximum Gasteiger partial charge on any atom is 0.309 e. The second kappa shape index (κ2) is 19.7.